The molecule has 0 atom stereocenters. The van der Waals surface area contributed by atoms with Crippen molar-refractivity contribution in [2.24, 2.45) is 0 Å². The summed E-state index contributed by atoms with van der Waals surface area (Å²) >= 11 is 0. The molecule has 0 aliphatic carbocycles. The molecule has 5 heteroatoms. The largest absolute Gasteiger partial charge is 0.350 e. The molecule has 0 saturated heterocycles. The fourth-order valence-corrected chi connectivity index (χ4v) is 1.46. The average molecular weight is 256 g/mol. The zero-order chi connectivity index (χ0) is 13.8. The van der Waals surface area contributed by atoms with E-state index in [2.05, 4.69) is 10.6 Å². The first-order chi connectivity index (χ1) is 8.29. The fourth-order valence-electron chi connectivity index (χ4n) is 1.46. The van der Waals surface area contributed by atoms with Crippen LogP contribution in [-0.2, 0) is 11.3 Å². The molecule has 1 amide bonds. The van der Waals surface area contributed by atoms with E-state index in [1.165, 1.54) is 12.1 Å². The third-order valence-electron chi connectivity index (χ3n) is 2.15. The van der Waals surface area contributed by atoms with Gasteiger partial charge in [-0.2, -0.15) is 0 Å². The number of hydrogen-bond acceptors (Lipinski definition) is 2. The molecule has 1 aromatic rings. The molecule has 2 N–H and O–H groups in total. The number of nitrogens with one attached hydrogen (secondary N) is 2. The first-order valence-electron chi connectivity index (χ1n) is 5.74. The summed E-state index contributed by atoms with van der Waals surface area (Å²) in [6.07, 6.45) is 0. The van der Waals surface area contributed by atoms with E-state index in [0.29, 0.717) is 0 Å². The lowest BCUT2D eigenvalue weighted by atomic mass is 10.1. The minimum Gasteiger partial charge on any atom is -0.350 e. The summed E-state index contributed by atoms with van der Waals surface area (Å²) < 4.78 is 26.2. The molecule has 100 valence electrons. The van der Waals surface area contributed by atoms with Crippen LogP contribution in [0.1, 0.15) is 26.3 Å². The van der Waals surface area contributed by atoms with Gasteiger partial charge in [-0.05, 0) is 26.8 Å². The molecule has 0 unspecified atom stereocenters. The summed E-state index contributed by atoms with van der Waals surface area (Å²) in [5.41, 5.74) is -0.0957. The first-order valence-corrected chi connectivity index (χ1v) is 5.74. The third kappa shape index (κ3) is 4.79. The molecule has 0 aromatic heterocycles. The summed E-state index contributed by atoms with van der Waals surface area (Å²) in [6.45, 7) is 5.79. The van der Waals surface area contributed by atoms with Gasteiger partial charge in [0.1, 0.15) is 0 Å². The smallest absolute Gasteiger partial charge is 0.234 e. The Bertz CT molecular complexity index is 427. The van der Waals surface area contributed by atoms with Gasteiger partial charge in [-0.25, -0.2) is 8.78 Å². The lowest BCUT2D eigenvalue weighted by molar-refractivity contribution is -0.121. The lowest BCUT2D eigenvalue weighted by Crippen LogP contribution is -2.44. The van der Waals surface area contributed by atoms with E-state index >= 15 is 0 Å². The zero-order valence-corrected chi connectivity index (χ0v) is 10.8. The van der Waals surface area contributed by atoms with Gasteiger partial charge in [0.15, 0.2) is 11.6 Å². The van der Waals surface area contributed by atoms with Gasteiger partial charge in [0.25, 0.3) is 0 Å². The van der Waals surface area contributed by atoms with Gasteiger partial charge in [0, 0.05) is 17.6 Å². The Morgan fingerprint density at radius 1 is 1.28 bits per heavy atom. The number of benzene rings is 1. The maximum Gasteiger partial charge on any atom is 0.234 e. The van der Waals surface area contributed by atoms with Crippen LogP contribution in [0, 0.1) is 11.6 Å². The second-order valence-corrected chi connectivity index (χ2v) is 5.11. The van der Waals surface area contributed by atoms with Crippen LogP contribution in [0.4, 0.5) is 8.78 Å². The van der Waals surface area contributed by atoms with Gasteiger partial charge < -0.3 is 10.6 Å². The van der Waals surface area contributed by atoms with Crippen molar-refractivity contribution in [3.8, 4) is 0 Å². The molecular weight excluding hydrogens is 238 g/mol. The summed E-state index contributed by atoms with van der Waals surface area (Å²) in [6, 6.07) is 3.98. The van der Waals surface area contributed by atoms with Crippen molar-refractivity contribution in [3.05, 3.63) is 35.4 Å². The maximum absolute atomic E-state index is 13.3. The van der Waals surface area contributed by atoms with E-state index in [0.717, 1.165) is 6.07 Å². The number of amides is 1. The highest BCUT2D eigenvalue weighted by Gasteiger charge is 2.13. The van der Waals surface area contributed by atoms with Crippen LogP contribution >= 0.6 is 0 Å². The Morgan fingerprint density at radius 3 is 2.56 bits per heavy atom. The highest BCUT2D eigenvalue weighted by atomic mass is 19.2. The van der Waals surface area contributed by atoms with E-state index in [1.54, 1.807) is 0 Å². The second kappa shape index (κ2) is 5.91. The van der Waals surface area contributed by atoms with Crippen LogP contribution in [-0.4, -0.2) is 18.0 Å². The summed E-state index contributed by atoms with van der Waals surface area (Å²) in [5.74, 6) is -1.94. The molecule has 0 bridgehead atoms. The van der Waals surface area contributed by atoms with E-state index < -0.39 is 11.6 Å². The Labute approximate surface area is 106 Å². The third-order valence-corrected chi connectivity index (χ3v) is 2.15. The average Bonchev–Trinajstić information content (AvgIpc) is 2.21. The highest BCUT2D eigenvalue weighted by Crippen LogP contribution is 2.10. The van der Waals surface area contributed by atoms with Crippen molar-refractivity contribution in [1.29, 1.82) is 0 Å². The molecule has 1 rings (SSSR count). The summed E-state index contributed by atoms with van der Waals surface area (Å²) in [4.78, 5) is 11.5. The molecule has 0 aliphatic heterocycles. The minimum atomic E-state index is -0.881. The molecule has 1 aromatic carbocycles. The quantitative estimate of drug-likeness (QED) is 0.864. The molecule has 18 heavy (non-hydrogen) atoms. The Hall–Kier alpha value is -1.49. The van der Waals surface area contributed by atoms with Crippen molar-refractivity contribution < 1.29 is 13.6 Å². The molecule has 0 saturated carbocycles. The second-order valence-electron chi connectivity index (χ2n) is 5.11. The molecule has 0 spiro atoms. The Morgan fingerprint density at radius 2 is 1.94 bits per heavy atom. The standard InChI is InChI=1S/C13H18F2N2O/c1-13(2,3)17-11(18)8-16-7-9-5-4-6-10(14)12(9)15/h4-6,16H,7-8H2,1-3H3,(H,17,18). The summed E-state index contributed by atoms with van der Waals surface area (Å²) in [5, 5.41) is 5.54. The van der Waals surface area contributed by atoms with Crippen molar-refractivity contribution in [1.82, 2.24) is 10.6 Å². The van der Waals surface area contributed by atoms with Crippen molar-refractivity contribution in [2.45, 2.75) is 32.9 Å². The summed E-state index contributed by atoms with van der Waals surface area (Å²) in [7, 11) is 0. The Kier molecular flexibility index (Phi) is 4.78. The Balaban J connectivity index is 2.43. The van der Waals surface area contributed by atoms with Gasteiger partial charge in [-0.1, -0.05) is 12.1 Å². The lowest BCUT2D eigenvalue weighted by Gasteiger charge is -2.20. The topological polar surface area (TPSA) is 41.1 Å². The van der Waals surface area contributed by atoms with Crippen molar-refractivity contribution in [2.75, 3.05) is 6.54 Å². The van der Waals surface area contributed by atoms with E-state index in [4.69, 9.17) is 0 Å². The van der Waals surface area contributed by atoms with Gasteiger partial charge in [0.2, 0.25) is 5.91 Å². The van der Waals surface area contributed by atoms with Crippen LogP contribution < -0.4 is 10.6 Å². The van der Waals surface area contributed by atoms with E-state index in [-0.39, 0.29) is 30.1 Å². The molecule has 0 heterocycles. The first kappa shape index (κ1) is 14.6. The predicted molar refractivity (Wildman–Crippen MR) is 66.0 cm³/mol. The van der Waals surface area contributed by atoms with Crippen molar-refractivity contribution >= 4 is 5.91 Å². The monoisotopic (exact) mass is 256 g/mol. The number of carbonyl (C=O) groups is 1. The molecule has 0 aliphatic rings. The molecule has 0 fully saturated rings. The maximum atomic E-state index is 13.3. The zero-order valence-electron chi connectivity index (χ0n) is 10.8. The molecular formula is C13H18F2N2O. The number of halogens is 2. The number of carbonyl (C=O) groups excluding carboxylic acids is 1. The van der Waals surface area contributed by atoms with Gasteiger partial charge in [-0.3, -0.25) is 4.79 Å². The van der Waals surface area contributed by atoms with Gasteiger partial charge in [-0.15, -0.1) is 0 Å². The fraction of sp³-hybridized carbons (Fsp3) is 0.462. The highest BCUT2D eigenvalue weighted by molar-refractivity contribution is 5.78. The van der Waals surface area contributed by atoms with Crippen molar-refractivity contribution in [3.63, 3.8) is 0 Å². The molecule has 0 radical (unpaired) electrons. The van der Waals surface area contributed by atoms with E-state index in [1.807, 2.05) is 20.8 Å². The van der Waals surface area contributed by atoms with Gasteiger partial charge >= 0.3 is 0 Å². The predicted octanol–water partition coefficient (Wildman–Crippen LogP) is 1.97. The molecule has 3 nitrogen and oxygen atoms in total. The van der Waals surface area contributed by atoms with Crippen LogP contribution in [0.15, 0.2) is 18.2 Å². The SMILES string of the molecule is CC(C)(C)NC(=O)CNCc1cccc(F)c1F. The van der Waals surface area contributed by atoms with E-state index in [9.17, 15) is 13.6 Å². The van der Waals surface area contributed by atoms with Crippen LogP contribution in [0.25, 0.3) is 0 Å². The van der Waals surface area contributed by atoms with Crippen LogP contribution in [0.2, 0.25) is 0 Å². The van der Waals surface area contributed by atoms with Crippen LogP contribution in [0.5, 0.6) is 0 Å². The number of hydrogen-bond donors (Lipinski definition) is 2. The minimum absolute atomic E-state index is 0.0627. The number of rotatable bonds is 4. The van der Waals surface area contributed by atoms with Crippen LogP contribution in [0.3, 0.4) is 0 Å². The van der Waals surface area contributed by atoms with Gasteiger partial charge in [0.05, 0.1) is 6.54 Å². The normalized spacial score (nSPS) is 11.4.